The second kappa shape index (κ2) is 2.94. The maximum atomic E-state index is 8.47. The van der Waals surface area contributed by atoms with Gasteiger partial charge in [0.25, 0.3) is 0 Å². The molecule has 0 fully saturated rings. The minimum Gasteiger partial charge on any atom is -0.395 e. The molecule has 1 N–H and O–H groups in total. The molecule has 0 bridgehead atoms. The zero-order valence-corrected chi connectivity index (χ0v) is 5.23. The Morgan fingerprint density at radius 2 is 2.60 bits per heavy atom. The summed E-state index contributed by atoms with van der Waals surface area (Å²) in [6, 6.07) is 1.84. The van der Waals surface area contributed by atoms with E-state index in [0.29, 0.717) is 6.54 Å². The predicted molar refractivity (Wildman–Crippen MR) is 31.8 cm³/mol. The normalized spacial score (nSPS) is 9.20. The van der Waals surface area contributed by atoms with Gasteiger partial charge in [-0.1, -0.05) is 0 Å². The smallest absolute Gasteiger partial charge is 0.234 e. The van der Waals surface area contributed by atoms with Crippen LogP contribution >= 0.6 is 0 Å². The van der Waals surface area contributed by atoms with Crippen LogP contribution in [0, 0.1) is 11.3 Å². The first kappa shape index (κ1) is 6.71. The maximum absolute atomic E-state index is 8.47. The van der Waals surface area contributed by atoms with E-state index in [4.69, 9.17) is 10.4 Å². The number of hydrogen-bond donors (Lipinski definition) is 1. The fourth-order valence-electron chi connectivity index (χ4n) is 0.613. The van der Waals surface area contributed by atoms with Crippen LogP contribution in [-0.2, 0) is 6.54 Å². The Balaban J connectivity index is 2.82. The van der Waals surface area contributed by atoms with Crippen molar-refractivity contribution in [2.45, 2.75) is 6.54 Å². The van der Waals surface area contributed by atoms with Gasteiger partial charge in [-0.15, -0.1) is 10.2 Å². The second-order valence-electron chi connectivity index (χ2n) is 1.68. The first-order valence-corrected chi connectivity index (χ1v) is 2.77. The van der Waals surface area contributed by atoms with Crippen LogP contribution in [0.1, 0.15) is 5.82 Å². The van der Waals surface area contributed by atoms with Crippen LogP contribution in [0.5, 0.6) is 0 Å². The Morgan fingerprint density at radius 1 is 1.80 bits per heavy atom. The highest BCUT2D eigenvalue weighted by molar-refractivity contribution is 5.07. The van der Waals surface area contributed by atoms with Gasteiger partial charge in [-0.05, 0) is 0 Å². The van der Waals surface area contributed by atoms with E-state index >= 15 is 0 Å². The van der Waals surface area contributed by atoms with Gasteiger partial charge in [-0.3, -0.25) is 0 Å². The number of hydrogen-bond acceptors (Lipinski definition) is 4. The average molecular weight is 138 g/mol. The van der Waals surface area contributed by atoms with Crippen molar-refractivity contribution in [3.63, 3.8) is 0 Å². The predicted octanol–water partition coefficient (Wildman–Crippen LogP) is -0.858. The number of nitrogens with zero attached hydrogens (tertiary/aromatic N) is 4. The minimum absolute atomic E-state index is 0.00722. The van der Waals surface area contributed by atoms with E-state index in [1.54, 1.807) is 0 Å². The third kappa shape index (κ3) is 1.11. The van der Waals surface area contributed by atoms with Crippen molar-refractivity contribution < 1.29 is 5.11 Å². The maximum Gasteiger partial charge on any atom is 0.234 e. The van der Waals surface area contributed by atoms with Gasteiger partial charge >= 0.3 is 0 Å². The lowest BCUT2D eigenvalue weighted by molar-refractivity contribution is 0.275. The highest BCUT2D eigenvalue weighted by Crippen LogP contribution is 1.90. The van der Waals surface area contributed by atoms with Crippen LogP contribution in [-0.4, -0.2) is 26.5 Å². The summed E-state index contributed by atoms with van der Waals surface area (Å²) in [4.78, 5) is 0. The van der Waals surface area contributed by atoms with Crippen molar-refractivity contribution >= 4 is 0 Å². The lowest BCUT2D eigenvalue weighted by Crippen LogP contribution is -2.02. The lowest BCUT2D eigenvalue weighted by atomic mass is 10.6. The van der Waals surface area contributed by atoms with Crippen molar-refractivity contribution in [1.82, 2.24) is 14.8 Å². The number of aliphatic hydroxyl groups is 1. The minimum atomic E-state index is -0.00722. The van der Waals surface area contributed by atoms with Crippen molar-refractivity contribution in [1.29, 1.82) is 5.26 Å². The van der Waals surface area contributed by atoms with E-state index in [-0.39, 0.29) is 12.4 Å². The molecule has 0 saturated heterocycles. The summed E-state index contributed by atoms with van der Waals surface area (Å²) < 4.78 is 1.49. The molecule has 0 saturated carbocycles. The van der Waals surface area contributed by atoms with Crippen molar-refractivity contribution in [3.8, 4) is 6.07 Å². The van der Waals surface area contributed by atoms with Gasteiger partial charge in [0, 0.05) is 6.54 Å². The van der Waals surface area contributed by atoms with E-state index in [2.05, 4.69) is 10.2 Å². The summed E-state index contributed by atoms with van der Waals surface area (Å²) in [7, 11) is 0. The molecule has 1 aromatic heterocycles. The number of aliphatic hydroxyl groups excluding tert-OH is 1. The molecule has 1 heterocycles. The van der Waals surface area contributed by atoms with Gasteiger partial charge in [0.15, 0.2) is 0 Å². The molecule has 0 aromatic carbocycles. The van der Waals surface area contributed by atoms with Gasteiger partial charge < -0.3 is 9.67 Å². The zero-order chi connectivity index (χ0) is 7.40. The SMILES string of the molecule is N#Cc1nncn1CCO. The topological polar surface area (TPSA) is 74.7 Å². The number of nitriles is 1. The quantitative estimate of drug-likeness (QED) is 0.577. The monoisotopic (exact) mass is 138 g/mol. The van der Waals surface area contributed by atoms with Crippen molar-refractivity contribution in [2.24, 2.45) is 0 Å². The molecule has 5 nitrogen and oxygen atoms in total. The third-order valence-electron chi connectivity index (χ3n) is 1.06. The van der Waals surface area contributed by atoms with E-state index in [1.807, 2.05) is 6.07 Å². The van der Waals surface area contributed by atoms with Crippen LogP contribution in [0.4, 0.5) is 0 Å². The highest BCUT2D eigenvalue weighted by Gasteiger charge is 1.99. The first-order valence-electron chi connectivity index (χ1n) is 2.77. The molecule has 5 heteroatoms. The lowest BCUT2D eigenvalue weighted by Gasteiger charge is -1.94. The van der Waals surface area contributed by atoms with Crippen LogP contribution in [0.15, 0.2) is 6.33 Å². The summed E-state index contributed by atoms with van der Waals surface area (Å²) in [6.45, 7) is 0.364. The fourth-order valence-corrected chi connectivity index (χ4v) is 0.613. The molecule has 1 rings (SSSR count). The Kier molecular flexibility index (Phi) is 1.97. The Bertz CT molecular complexity index is 248. The molecular formula is C5H6N4O. The molecule has 0 aliphatic heterocycles. The van der Waals surface area contributed by atoms with E-state index in [9.17, 15) is 0 Å². The largest absolute Gasteiger partial charge is 0.395 e. The molecule has 1 aromatic rings. The first-order chi connectivity index (χ1) is 4.88. The molecule has 0 spiro atoms. The summed E-state index contributed by atoms with van der Waals surface area (Å²) in [5, 5.41) is 23.8. The standard InChI is InChI=1S/C5H6N4O/c6-3-5-8-7-4-9(5)1-2-10/h4,10H,1-2H2. The summed E-state index contributed by atoms with van der Waals surface area (Å²) >= 11 is 0. The van der Waals surface area contributed by atoms with Gasteiger partial charge in [0.2, 0.25) is 5.82 Å². The van der Waals surface area contributed by atoms with E-state index in [1.165, 1.54) is 10.9 Å². The van der Waals surface area contributed by atoms with Gasteiger partial charge in [0.05, 0.1) is 6.61 Å². The molecule has 52 valence electrons. The van der Waals surface area contributed by atoms with Gasteiger partial charge in [-0.25, -0.2) is 0 Å². The molecule has 0 unspecified atom stereocenters. The molecule has 0 atom stereocenters. The third-order valence-corrected chi connectivity index (χ3v) is 1.06. The van der Waals surface area contributed by atoms with E-state index < -0.39 is 0 Å². The number of rotatable bonds is 2. The van der Waals surface area contributed by atoms with Crippen LogP contribution < -0.4 is 0 Å². The van der Waals surface area contributed by atoms with Gasteiger partial charge in [0.1, 0.15) is 12.4 Å². The molecular weight excluding hydrogens is 132 g/mol. The molecule has 0 radical (unpaired) electrons. The molecule has 10 heavy (non-hydrogen) atoms. The molecule has 0 aliphatic carbocycles. The van der Waals surface area contributed by atoms with E-state index in [0.717, 1.165) is 0 Å². The van der Waals surface area contributed by atoms with Crippen LogP contribution in [0.2, 0.25) is 0 Å². The Hall–Kier alpha value is -1.41. The summed E-state index contributed by atoms with van der Waals surface area (Å²) in [6.07, 6.45) is 1.41. The number of aromatic nitrogens is 3. The summed E-state index contributed by atoms with van der Waals surface area (Å²) in [5.41, 5.74) is 0. The molecule has 0 amide bonds. The molecule has 0 aliphatic rings. The second-order valence-corrected chi connectivity index (χ2v) is 1.68. The van der Waals surface area contributed by atoms with Crippen molar-refractivity contribution in [3.05, 3.63) is 12.2 Å². The van der Waals surface area contributed by atoms with Gasteiger partial charge in [-0.2, -0.15) is 5.26 Å². The summed E-state index contributed by atoms with van der Waals surface area (Å²) in [5.74, 6) is 0.231. The average Bonchev–Trinajstić information content (AvgIpc) is 2.36. The fraction of sp³-hybridized carbons (Fsp3) is 0.400. The Labute approximate surface area is 57.5 Å². The van der Waals surface area contributed by atoms with Crippen LogP contribution in [0.3, 0.4) is 0 Å². The Morgan fingerprint density at radius 3 is 3.20 bits per heavy atom. The van der Waals surface area contributed by atoms with Crippen LogP contribution in [0.25, 0.3) is 0 Å². The van der Waals surface area contributed by atoms with Crippen molar-refractivity contribution in [2.75, 3.05) is 6.61 Å². The highest BCUT2D eigenvalue weighted by atomic mass is 16.3. The zero-order valence-electron chi connectivity index (χ0n) is 5.23.